The molecule has 0 saturated carbocycles. The third-order valence-corrected chi connectivity index (χ3v) is 6.93. The van der Waals surface area contributed by atoms with Crippen LogP contribution in [-0.4, -0.2) is 79.7 Å². The van der Waals surface area contributed by atoms with E-state index in [-0.39, 0.29) is 11.3 Å². The normalized spacial score (nSPS) is 18.4. The predicted molar refractivity (Wildman–Crippen MR) is 141 cm³/mol. The van der Waals surface area contributed by atoms with Crippen LogP contribution in [0.3, 0.4) is 0 Å². The molecule has 200 valence electrons. The fraction of sp³-hybridized carbons (Fsp3) is 0.379. The number of Topliss-reactive ketones (excluding diaryl/α,β-unsaturated/α-hetero) is 1. The van der Waals surface area contributed by atoms with Gasteiger partial charge in [-0.05, 0) is 36.2 Å². The number of nitrogens with zero attached hydrogens (tertiary/aromatic N) is 2. The quantitative estimate of drug-likeness (QED) is 0.398. The number of hydrogen-bond donors (Lipinski definition) is 1. The highest BCUT2D eigenvalue weighted by Crippen LogP contribution is 2.40. The molecule has 1 saturated heterocycles. The van der Waals surface area contributed by atoms with Crippen LogP contribution in [0.4, 0.5) is 0 Å². The Bertz CT molecular complexity index is 1340. The molecule has 9 nitrogen and oxygen atoms in total. The molecule has 1 amide bonds. The minimum Gasteiger partial charge on any atom is -0.503 e. The highest BCUT2D eigenvalue weighted by atomic mass is 16.5. The zero-order valence-electron chi connectivity index (χ0n) is 21.6. The Morgan fingerprint density at radius 1 is 1.11 bits per heavy atom. The van der Waals surface area contributed by atoms with Crippen molar-refractivity contribution in [2.24, 2.45) is 0 Å². The van der Waals surface area contributed by atoms with E-state index in [9.17, 15) is 14.7 Å². The summed E-state index contributed by atoms with van der Waals surface area (Å²) in [5, 5.41) is 11.7. The van der Waals surface area contributed by atoms with Crippen molar-refractivity contribution in [2.75, 3.05) is 53.1 Å². The van der Waals surface area contributed by atoms with Crippen molar-refractivity contribution in [3.63, 3.8) is 0 Å². The number of morpholine rings is 1. The van der Waals surface area contributed by atoms with Gasteiger partial charge in [-0.1, -0.05) is 31.2 Å². The topological polar surface area (TPSA) is 102 Å². The number of carbonyl (C=O) groups excluding carboxylic acids is 2. The molecule has 0 aliphatic carbocycles. The van der Waals surface area contributed by atoms with Crippen molar-refractivity contribution in [1.29, 1.82) is 0 Å². The molecule has 3 aromatic rings. The second-order valence-corrected chi connectivity index (χ2v) is 9.35. The maximum Gasteiger partial charge on any atom is 0.290 e. The number of amides is 1. The third-order valence-electron chi connectivity index (χ3n) is 6.93. The number of aliphatic hydroxyl groups excluding tert-OH is 1. The molecule has 2 aliphatic rings. The number of hydrogen-bond acceptors (Lipinski definition) is 8. The van der Waals surface area contributed by atoms with E-state index in [0.29, 0.717) is 60.9 Å². The van der Waals surface area contributed by atoms with Crippen molar-refractivity contribution < 1.29 is 33.3 Å². The van der Waals surface area contributed by atoms with Gasteiger partial charge in [-0.3, -0.25) is 14.5 Å². The molecular weight excluding hydrogens is 488 g/mol. The van der Waals surface area contributed by atoms with Gasteiger partial charge < -0.3 is 28.6 Å². The van der Waals surface area contributed by atoms with E-state index >= 15 is 0 Å². The van der Waals surface area contributed by atoms with Crippen molar-refractivity contribution in [1.82, 2.24) is 9.80 Å². The minimum atomic E-state index is -0.772. The molecule has 1 N–H and O–H groups in total. The van der Waals surface area contributed by atoms with E-state index in [1.54, 1.807) is 23.1 Å². The number of ketones is 1. The number of aliphatic hydroxyl groups is 1. The lowest BCUT2D eigenvalue weighted by molar-refractivity contribution is -0.129. The number of benzene rings is 2. The van der Waals surface area contributed by atoms with Crippen molar-refractivity contribution >= 4 is 22.7 Å². The summed E-state index contributed by atoms with van der Waals surface area (Å²) in [6.45, 7) is 6.37. The number of carbonyl (C=O) groups is 2. The molecule has 9 heteroatoms. The number of ether oxygens (including phenoxy) is 3. The number of furan rings is 1. The molecule has 3 heterocycles. The Morgan fingerprint density at radius 3 is 2.58 bits per heavy atom. The summed E-state index contributed by atoms with van der Waals surface area (Å²) in [6.07, 6.45) is 0.881. The summed E-state index contributed by atoms with van der Waals surface area (Å²) in [6, 6.07) is 13.5. The maximum atomic E-state index is 13.8. The van der Waals surface area contributed by atoms with Gasteiger partial charge in [0.2, 0.25) is 5.78 Å². The van der Waals surface area contributed by atoms with Gasteiger partial charge in [0, 0.05) is 31.6 Å². The average molecular weight is 521 g/mol. The molecule has 2 aliphatic heterocycles. The highest BCUT2D eigenvalue weighted by Gasteiger charge is 2.44. The zero-order valence-corrected chi connectivity index (χ0v) is 21.6. The van der Waals surface area contributed by atoms with Gasteiger partial charge in [-0.15, -0.1) is 0 Å². The Labute approximate surface area is 221 Å². The van der Waals surface area contributed by atoms with Gasteiger partial charge in [-0.2, -0.15) is 0 Å². The van der Waals surface area contributed by atoms with Gasteiger partial charge in [0.05, 0.1) is 38.5 Å². The van der Waals surface area contributed by atoms with E-state index in [4.69, 9.17) is 18.6 Å². The summed E-state index contributed by atoms with van der Waals surface area (Å²) in [5.74, 6) is -0.452. The Morgan fingerprint density at radius 2 is 1.87 bits per heavy atom. The highest BCUT2D eigenvalue weighted by molar-refractivity contribution is 6.16. The van der Waals surface area contributed by atoms with Gasteiger partial charge in [0.15, 0.2) is 22.9 Å². The number of rotatable bonds is 10. The van der Waals surface area contributed by atoms with Crippen LogP contribution >= 0.6 is 0 Å². The molecule has 1 atom stereocenters. The van der Waals surface area contributed by atoms with Crippen LogP contribution < -0.4 is 9.47 Å². The summed E-state index contributed by atoms with van der Waals surface area (Å²) >= 11 is 0. The van der Waals surface area contributed by atoms with Crippen LogP contribution in [0, 0.1) is 0 Å². The summed E-state index contributed by atoms with van der Waals surface area (Å²) in [7, 11) is 1.53. The Balaban J connectivity index is 1.49. The maximum absolute atomic E-state index is 13.8. The lowest BCUT2D eigenvalue weighted by Crippen LogP contribution is -2.43. The second kappa shape index (κ2) is 11.3. The molecule has 1 unspecified atom stereocenters. The number of methoxy groups -OCH3 is 1. The molecule has 1 fully saturated rings. The fourth-order valence-electron chi connectivity index (χ4n) is 4.94. The Hall–Kier alpha value is -3.82. The van der Waals surface area contributed by atoms with E-state index < -0.39 is 23.5 Å². The lowest BCUT2D eigenvalue weighted by Gasteiger charge is -2.31. The van der Waals surface area contributed by atoms with Gasteiger partial charge >= 0.3 is 0 Å². The molecule has 1 aromatic heterocycles. The first-order chi connectivity index (χ1) is 18.5. The van der Waals surface area contributed by atoms with Crippen LogP contribution in [0.15, 0.2) is 64.3 Å². The predicted octanol–water partition coefficient (Wildman–Crippen LogP) is 4.14. The molecule has 0 radical (unpaired) electrons. The first-order valence-corrected chi connectivity index (χ1v) is 12.9. The van der Waals surface area contributed by atoms with Gasteiger partial charge in [-0.25, -0.2) is 0 Å². The molecule has 5 rings (SSSR count). The zero-order chi connectivity index (χ0) is 26.6. The molecule has 0 spiro atoms. The van der Waals surface area contributed by atoms with Crippen LogP contribution in [0.25, 0.3) is 11.0 Å². The average Bonchev–Trinajstić information content (AvgIpc) is 3.50. The van der Waals surface area contributed by atoms with E-state index in [1.807, 2.05) is 37.3 Å². The van der Waals surface area contributed by atoms with Crippen molar-refractivity contribution in [3.05, 3.63) is 71.2 Å². The van der Waals surface area contributed by atoms with Crippen molar-refractivity contribution in [2.45, 2.75) is 19.4 Å². The van der Waals surface area contributed by atoms with Crippen LogP contribution in [-0.2, 0) is 9.53 Å². The summed E-state index contributed by atoms with van der Waals surface area (Å²) < 4.78 is 22.4. The summed E-state index contributed by atoms with van der Waals surface area (Å²) in [4.78, 5) is 30.9. The second-order valence-electron chi connectivity index (χ2n) is 9.35. The molecule has 38 heavy (non-hydrogen) atoms. The standard InChI is InChI=1S/C29H32N2O7/c1-3-15-37-21-9-7-19(8-10-21)25-24(26(32)23-18-20-5-4-6-22(35-2)28(20)38-23)27(33)29(34)31(25)12-11-30-13-16-36-17-14-30/h4-10,18,25,33H,3,11-17H2,1-2H3. The minimum absolute atomic E-state index is 0.00257. The third kappa shape index (κ3) is 4.99. The monoisotopic (exact) mass is 520 g/mol. The van der Waals surface area contributed by atoms with Crippen LogP contribution in [0.5, 0.6) is 11.5 Å². The molecule has 2 aromatic carbocycles. The largest absolute Gasteiger partial charge is 0.503 e. The van der Waals surface area contributed by atoms with Gasteiger partial charge in [0.1, 0.15) is 5.75 Å². The Kier molecular flexibility index (Phi) is 7.67. The van der Waals surface area contributed by atoms with Crippen LogP contribution in [0.2, 0.25) is 0 Å². The number of para-hydroxylation sites is 1. The smallest absolute Gasteiger partial charge is 0.290 e. The fourth-order valence-corrected chi connectivity index (χ4v) is 4.94. The first kappa shape index (κ1) is 25.8. The van der Waals surface area contributed by atoms with Crippen LogP contribution in [0.1, 0.15) is 35.5 Å². The summed E-state index contributed by atoms with van der Waals surface area (Å²) in [5.41, 5.74) is 1.13. The van der Waals surface area contributed by atoms with E-state index in [2.05, 4.69) is 4.90 Å². The van der Waals surface area contributed by atoms with E-state index in [0.717, 1.165) is 19.5 Å². The van der Waals surface area contributed by atoms with Crippen molar-refractivity contribution in [3.8, 4) is 11.5 Å². The number of fused-ring (bicyclic) bond motifs is 1. The van der Waals surface area contributed by atoms with E-state index in [1.165, 1.54) is 7.11 Å². The van der Waals surface area contributed by atoms with Gasteiger partial charge in [0.25, 0.3) is 5.91 Å². The molecule has 0 bridgehead atoms. The SMILES string of the molecule is CCCOc1ccc(C2C(C(=O)c3cc4cccc(OC)c4o3)=C(O)C(=O)N2CCN2CCOCC2)cc1. The molecular formula is C29H32N2O7. The first-order valence-electron chi connectivity index (χ1n) is 12.9. The lowest BCUT2D eigenvalue weighted by atomic mass is 9.95.